The number of rotatable bonds is 7. The second-order valence-corrected chi connectivity index (χ2v) is 4.77. The largest absolute Gasteiger partial charge is 0.468 e. The molecular formula is C13H23N3O2. The van der Waals surface area contributed by atoms with E-state index in [2.05, 4.69) is 31.1 Å². The summed E-state index contributed by atoms with van der Waals surface area (Å²) in [6.45, 7) is 7.91. The molecule has 1 unspecified atom stereocenters. The predicted octanol–water partition coefficient (Wildman–Crippen LogP) is 1.75. The summed E-state index contributed by atoms with van der Waals surface area (Å²) in [5.74, 6) is 0.202. The highest BCUT2D eigenvalue weighted by Gasteiger charge is 2.24. The molecule has 0 bridgehead atoms. The third-order valence-corrected chi connectivity index (χ3v) is 2.67. The summed E-state index contributed by atoms with van der Waals surface area (Å²) in [6.07, 6.45) is 4.48. The number of aryl methyl sites for hydroxylation is 1. The van der Waals surface area contributed by atoms with Crippen molar-refractivity contribution in [3.63, 3.8) is 0 Å². The second-order valence-electron chi connectivity index (χ2n) is 4.77. The molecule has 5 heteroatoms. The number of imidazole rings is 1. The topological polar surface area (TPSA) is 56.2 Å². The van der Waals surface area contributed by atoms with Crippen LogP contribution >= 0.6 is 0 Å². The average molecular weight is 253 g/mol. The quantitative estimate of drug-likeness (QED) is 0.752. The smallest absolute Gasteiger partial charge is 0.329 e. The van der Waals surface area contributed by atoms with Crippen molar-refractivity contribution in [2.24, 2.45) is 5.92 Å². The Bertz CT molecular complexity index is 374. The van der Waals surface area contributed by atoms with Crippen molar-refractivity contribution in [3.05, 3.63) is 18.2 Å². The van der Waals surface area contributed by atoms with Crippen LogP contribution < -0.4 is 5.32 Å². The molecule has 5 nitrogen and oxygen atoms in total. The van der Waals surface area contributed by atoms with Crippen LogP contribution in [-0.4, -0.2) is 29.2 Å². The number of hydrogen-bond acceptors (Lipinski definition) is 4. The number of nitrogens with zero attached hydrogens (tertiary/aromatic N) is 2. The van der Waals surface area contributed by atoms with Crippen molar-refractivity contribution in [2.45, 2.75) is 39.8 Å². The molecule has 0 saturated carbocycles. The Kier molecular flexibility index (Phi) is 5.85. The van der Waals surface area contributed by atoms with Gasteiger partial charge < -0.3 is 9.30 Å². The lowest BCUT2D eigenvalue weighted by atomic mass is 10.1. The van der Waals surface area contributed by atoms with Crippen molar-refractivity contribution in [2.75, 3.05) is 13.7 Å². The molecule has 0 radical (unpaired) electrons. The summed E-state index contributed by atoms with van der Waals surface area (Å²) >= 11 is 0. The van der Waals surface area contributed by atoms with E-state index in [1.807, 2.05) is 4.57 Å². The maximum atomic E-state index is 11.9. The van der Waals surface area contributed by atoms with Gasteiger partial charge in [0.15, 0.2) is 0 Å². The molecule has 0 aliphatic heterocycles. The Morgan fingerprint density at radius 3 is 2.83 bits per heavy atom. The fourth-order valence-electron chi connectivity index (χ4n) is 1.78. The lowest BCUT2D eigenvalue weighted by Crippen LogP contribution is -2.33. The molecule has 0 saturated heterocycles. The van der Waals surface area contributed by atoms with Gasteiger partial charge in [0.2, 0.25) is 0 Å². The average Bonchev–Trinajstić information content (AvgIpc) is 2.77. The lowest BCUT2D eigenvalue weighted by molar-refractivity contribution is -0.143. The van der Waals surface area contributed by atoms with E-state index in [4.69, 9.17) is 4.74 Å². The Labute approximate surface area is 109 Å². The van der Waals surface area contributed by atoms with E-state index < -0.39 is 6.04 Å². The van der Waals surface area contributed by atoms with Gasteiger partial charge in [0, 0.05) is 6.54 Å². The van der Waals surface area contributed by atoms with Crippen LogP contribution in [0.1, 0.15) is 38.9 Å². The summed E-state index contributed by atoms with van der Waals surface area (Å²) in [4.78, 5) is 16.0. The Hall–Kier alpha value is -1.36. The Balaban J connectivity index is 2.86. The highest BCUT2D eigenvalue weighted by atomic mass is 16.5. The fraction of sp³-hybridized carbons (Fsp3) is 0.692. The molecule has 1 aromatic heterocycles. The minimum absolute atomic E-state index is 0.270. The van der Waals surface area contributed by atoms with Gasteiger partial charge in [-0.3, -0.25) is 5.32 Å². The minimum Gasteiger partial charge on any atom is -0.468 e. The third-order valence-electron chi connectivity index (χ3n) is 2.67. The molecule has 1 atom stereocenters. The molecule has 0 spiro atoms. The van der Waals surface area contributed by atoms with Crippen molar-refractivity contribution in [1.82, 2.24) is 14.9 Å². The van der Waals surface area contributed by atoms with Crippen LogP contribution in [0.25, 0.3) is 0 Å². The van der Waals surface area contributed by atoms with E-state index >= 15 is 0 Å². The summed E-state index contributed by atoms with van der Waals surface area (Å²) in [5, 5.41) is 3.24. The SMILES string of the molecule is CCCn1cncc1C(NCC(C)C)C(=O)OC. The van der Waals surface area contributed by atoms with Gasteiger partial charge in [0.05, 0.1) is 25.3 Å². The zero-order valence-electron chi connectivity index (χ0n) is 11.6. The molecule has 1 aromatic rings. The number of ether oxygens (including phenoxy) is 1. The molecule has 18 heavy (non-hydrogen) atoms. The maximum absolute atomic E-state index is 11.9. The van der Waals surface area contributed by atoms with Crippen LogP contribution in [-0.2, 0) is 16.1 Å². The molecule has 0 aliphatic carbocycles. The number of carbonyl (C=O) groups is 1. The second kappa shape index (κ2) is 7.16. The van der Waals surface area contributed by atoms with E-state index in [1.54, 1.807) is 12.5 Å². The third kappa shape index (κ3) is 3.84. The lowest BCUT2D eigenvalue weighted by Gasteiger charge is -2.19. The van der Waals surface area contributed by atoms with E-state index in [1.165, 1.54) is 7.11 Å². The van der Waals surface area contributed by atoms with Gasteiger partial charge in [0.25, 0.3) is 0 Å². The van der Waals surface area contributed by atoms with E-state index in [-0.39, 0.29) is 5.97 Å². The number of nitrogens with one attached hydrogen (secondary N) is 1. The highest BCUT2D eigenvalue weighted by Crippen LogP contribution is 2.15. The first kappa shape index (κ1) is 14.7. The predicted molar refractivity (Wildman–Crippen MR) is 70.1 cm³/mol. The van der Waals surface area contributed by atoms with E-state index in [9.17, 15) is 4.79 Å². The molecule has 0 aliphatic rings. The number of methoxy groups -OCH3 is 1. The normalized spacial score (nSPS) is 12.7. The monoisotopic (exact) mass is 253 g/mol. The fourth-order valence-corrected chi connectivity index (χ4v) is 1.78. The zero-order chi connectivity index (χ0) is 13.5. The van der Waals surface area contributed by atoms with Crippen LogP contribution in [0.3, 0.4) is 0 Å². The van der Waals surface area contributed by atoms with Crippen LogP contribution in [0.5, 0.6) is 0 Å². The molecule has 102 valence electrons. The van der Waals surface area contributed by atoms with Gasteiger partial charge in [0.1, 0.15) is 6.04 Å². The highest BCUT2D eigenvalue weighted by molar-refractivity contribution is 5.76. The molecule has 1 heterocycles. The molecular weight excluding hydrogens is 230 g/mol. The van der Waals surface area contributed by atoms with Gasteiger partial charge >= 0.3 is 5.97 Å². The van der Waals surface area contributed by atoms with Crippen LogP contribution in [0, 0.1) is 5.92 Å². The summed E-state index contributed by atoms with van der Waals surface area (Å²) in [5.41, 5.74) is 0.865. The van der Waals surface area contributed by atoms with Gasteiger partial charge in [-0.05, 0) is 18.9 Å². The molecule has 0 aromatic carbocycles. The van der Waals surface area contributed by atoms with Crippen LogP contribution in [0.15, 0.2) is 12.5 Å². The van der Waals surface area contributed by atoms with E-state index in [0.717, 1.165) is 25.2 Å². The van der Waals surface area contributed by atoms with Gasteiger partial charge in [-0.15, -0.1) is 0 Å². The summed E-state index contributed by atoms with van der Waals surface area (Å²) in [6, 6.07) is -0.438. The van der Waals surface area contributed by atoms with Crippen molar-refractivity contribution < 1.29 is 9.53 Å². The van der Waals surface area contributed by atoms with Crippen LogP contribution in [0.2, 0.25) is 0 Å². The number of hydrogen-bond donors (Lipinski definition) is 1. The summed E-state index contributed by atoms with van der Waals surface area (Å²) < 4.78 is 6.85. The van der Waals surface area contributed by atoms with Crippen molar-refractivity contribution >= 4 is 5.97 Å². The van der Waals surface area contributed by atoms with Crippen molar-refractivity contribution in [3.8, 4) is 0 Å². The zero-order valence-corrected chi connectivity index (χ0v) is 11.6. The number of aromatic nitrogens is 2. The molecule has 1 rings (SSSR count). The van der Waals surface area contributed by atoms with Gasteiger partial charge in [-0.1, -0.05) is 20.8 Å². The minimum atomic E-state index is -0.438. The van der Waals surface area contributed by atoms with Gasteiger partial charge in [-0.2, -0.15) is 0 Å². The van der Waals surface area contributed by atoms with E-state index in [0.29, 0.717) is 5.92 Å². The first-order valence-corrected chi connectivity index (χ1v) is 6.41. The maximum Gasteiger partial charge on any atom is 0.329 e. The first-order valence-electron chi connectivity index (χ1n) is 6.41. The standard InChI is InChI=1S/C13H23N3O2/c1-5-6-16-9-14-8-11(16)12(13(17)18-4)15-7-10(2)3/h8-10,12,15H,5-7H2,1-4H3. The summed E-state index contributed by atoms with van der Waals surface area (Å²) in [7, 11) is 1.41. The first-order chi connectivity index (χ1) is 8.60. The van der Waals surface area contributed by atoms with Crippen molar-refractivity contribution in [1.29, 1.82) is 0 Å². The molecule has 0 amide bonds. The number of esters is 1. The molecule has 1 N–H and O–H groups in total. The Morgan fingerprint density at radius 1 is 1.56 bits per heavy atom. The van der Waals surface area contributed by atoms with Gasteiger partial charge in [-0.25, -0.2) is 9.78 Å². The van der Waals surface area contributed by atoms with Crippen LogP contribution in [0.4, 0.5) is 0 Å². The molecule has 0 fully saturated rings. The Morgan fingerprint density at radius 2 is 2.28 bits per heavy atom. The number of carbonyl (C=O) groups excluding carboxylic acids is 1.